The van der Waals surface area contributed by atoms with Gasteiger partial charge in [0.15, 0.2) is 18.0 Å². The monoisotopic (exact) mass is 389 g/mol. The summed E-state index contributed by atoms with van der Waals surface area (Å²) in [5.41, 5.74) is 3.33. The van der Waals surface area contributed by atoms with Crippen LogP contribution in [0.3, 0.4) is 0 Å². The third-order valence-electron chi connectivity index (χ3n) is 4.22. The van der Waals surface area contributed by atoms with Crippen LogP contribution in [0.5, 0.6) is 0 Å². The Kier molecular flexibility index (Phi) is 4.98. The molecule has 2 N–H and O–H groups in total. The molecule has 0 aliphatic carbocycles. The zero-order valence-corrected chi connectivity index (χ0v) is 15.2. The zero-order chi connectivity index (χ0) is 20.2. The fourth-order valence-corrected chi connectivity index (χ4v) is 2.93. The Balaban J connectivity index is 1.59. The van der Waals surface area contributed by atoms with Crippen molar-refractivity contribution in [1.29, 1.82) is 0 Å². The van der Waals surface area contributed by atoms with Crippen LogP contribution in [-0.4, -0.2) is 33.1 Å². The summed E-state index contributed by atoms with van der Waals surface area (Å²) in [6.07, 6.45) is 3.34. The molecule has 0 aliphatic rings. The quantitative estimate of drug-likeness (QED) is 0.546. The van der Waals surface area contributed by atoms with E-state index in [1.54, 1.807) is 54.9 Å². The minimum Gasteiger partial charge on any atom is -0.323 e. The SMILES string of the molecule is O=C(CF)Nc1ccccc1-c1cccc(NC(=O)c2cc3ncccn3n2)c1. The number of hydrogen-bond acceptors (Lipinski definition) is 4. The average Bonchev–Trinajstić information content (AvgIpc) is 3.19. The maximum absolute atomic E-state index is 12.6. The van der Waals surface area contributed by atoms with Gasteiger partial charge < -0.3 is 10.6 Å². The summed E-state index contributed by atoms with van der Waals surface area (Å²) in [5.74, 6) is -1.09. The first-order valence-electron chi connectivity index (χ1n) is 8.81. The largest absolute Gasteiger partial charge is 0.323 e. The van der Waals surface area contributed by atoms with Crippen LogP contribution in [0.2, 0.25) is 0 Å². The van der Waals surface area contributed by atoms with E-state index in [1.165, 1.54) is 4.52 Å². The fraction of sp³-hybridized carbons (Fsp3) is 0.0476. The highest BCUT2D eigenvalue weighted by atomic mass is 19.1. The number of rotatable bonds is 5. The van der Waals surface area contributed by atoms with Gasteiger partial charge in [-0.3, -0.25) is 9.59 Å². The lowest BCUT2D eigenvalue weighted by Gasteiger charge is -2.12. The lowest BCUT2D eigenvalue weighted by Crippen LogP contribution is -2.14. The van der Waals surface area contributed by atoms with Crippen LogP contribution >= 0.6 is 0 Å². The smallest absolute Gasteiger partial charge is 0.276 e. The van der Waals surface area contributed by atoms with Gasteiger partial charge in [0.05, 0.1) is 0 Å². The van der Waals surface area contributed by atoms with Crippen LogP contribution in [-0.2, 0) is 4.79 Å². The molecule has 2 heterocycles. The van der Waals surface area contributed by atoms with Gasteiger partial charge in [-0.05, 0) is 29.8 Å². The molecule has 0 radical (unpaired) electrons. The van der Waals surface area contributed by atoms with E-state index in [0.717, 1.165) is 5.56 Å². The molecule has 29 heavy (non-hydrogen) atoms. The first-order valence-corrected chi connectivity index (χ1v) is 8.81. The van der Waals surface area contributed by atoms with Gasteiger partial charge in [0.25, 0.3) is 11.8 Å². The second-order valence-electron chi connectivity index (χ2n) is 6.21. The lowest BCUT2D eigenvalue weighted by molar-refractivity contribution is -0.117. The van der Waals surface area contributed by atoms with E-state index in [9.17, 15) is 14.0 Å². The van der Waals surface area contributed by atoms with Crippen molar-refractivity contribution in [3.8, 4) is 11.1 Å². The van der Waals surface area contributed by atoms with Crippen LogP contribution in [0.4, 0.5) is 15.8 Å². The number of nitrogens with one attached hydrogen (secondary N) is 2. The first-order chi connectivity index (χ1) is 14.1. The number of nitrogens with zero attached hydrogens (tertiary/aromatic N) is 3. The van der Waals surface area contributed by atoms with Gasteiger partial charge in [0, 0.05) is 35.4 Å². The molecular weight excluding hydrogens is 373 g/mol. The van der Waals surface area contributed by atoms with Crippen molar-refractivity contribution in [3.63, 3.8) is 0 Å². The number of amides is 2. The second-order valence-corrected chi connectivity index (χ2v) is 6.21. The first kappa shape index (κ1) is 18.3. The molecule has 0 aliphatic heterocycles. The van der Waals surface area contributed by atoms with Crippen molar-refractivity contribution in [2.24, 2.45) is 0 Å². The number of fused-ring (bicyclic) bond motifs is 1. The maximum Gasteiger partial charge on any atom is 0.276 e. The van der Waals surface area contributed by atoms with Gasteiger partial charge in [0.1, 0.15) is 0 Å². The summed E-state index contributed by atoms with van der Waals surface area (Å²) in [7, 11) is 0. The van der Waals surface area contributed by atoms with Crippen molar-refractivity contribution in [2.45, 2.75) is 0 Å². The number of anilines is 2. The van der Waals surface area contributed by atoms with E-state index in [0.29, 0.717) is 22.6 Å². The minimum atomic E-state index is -1.10. The Morgan fingerprint density at radius 3 is 2.69 bits per heavy atom. The Hall–Kier alpha value is -4.07. The Morgan fingerprint density at radius 2 is 1.86 bits per heavy atom. The van der Waals surface area contributed by atoms with Crippen molar-refractivity contribution in [1.82, 2.24) is 14.6 Å². The molecule has 0 spiro atoms. The van der Waals surface area contributed by atoms with E-state index < -0.39 is 12.6 Å². The predicted molar refractivity (Wildman–Crippen MR) is 107 cm³/mol. The zero-order valence-electron chi connectivity index (χ0n) is 15.2. The van der Waals surface area contributed by atoms with Gasteiger partial charge in [-0.15, -0.1) is 0 Å². The summed E-state index contributed by atoms with van der Waals surface area (Å²) in [5, 5.41) is 9.55. The van der Waals surface area contributed by atoms with E-state index in [1.807, 2.05) is 18.2 Å². The molecule has 0 saturated carbocycles. The van der Waals surface area contributed by atoms with Gasteiger partial charge >= 0.3 is 0 Å². The molecule has 144 valence electrons. The van der Waals surface area contributed by atoms with Gasteiger partial charge in [-0.25, -0.2) is 13.9 Å². The van der Waals surface area contributed by atoms with Crippen molar-refractivity contribution in [3.05, 3.63) is 78.8 Å². The normalized spacial score (nSPS) is 10.7. The van der Waals surface area contributed by atoms with Crippen LogP contribution in [0.1, 0.15) is 10.5 Å². The lowest BCUT2D eigenvalue weighted by atomic mass is 10.0. The summed E-state index contributed by atoms with van der Waals surface area (Å²) >= 11 is 0. The number of aromatic nitrogens is 3. The van der Waals surface area contributed by atoms with Crippen LogP contribution in [0.25, 0.3) is 16.8 Å². The number of benzene rings is 2. The summed E-state index contributed by atoms with van der Waals surface area (Å²) in [6, 6.07) is 17.5. The van der Waals surface area contributed by atoms with Crippen LogP contribution < -0.4 is 10.6 Å². The van der Waals surface area contributed by atoms with E-state index in [4.69, 9.17) is 0 Å². The molecule has 0 unspecified atom stereocenters. The van der Waals surface area contributed by atoms with Gasteiger partial charge in [-0.2, -0.15) is 5.10 Å². The molecule has 7 nitrogen and oxygen atoms in total. The molecule has 8 heteroatoms. The molecule has 2 amide bonds. The molecule has 0 fully saturated rings. The third kappa shape index (κ3) is 3.96. The number of carbonyl (C=O) groups excluding carboxylic acids is 2. The van der Waals surface area contributed by atoms with Crippen molar-refractivity contribution >= 4 is 28.8 Å². The standard InChI is InChI=1S/C21H16FN5O2/c22-13-20(28)25-17-8-2-1-7-16(17)14-5-3-6-15(11-14)24-21(29)18-12-19-23-9-4-10-27(19)26-18/h1-12H,13H2,(H,24,29)(H,25,28). The summed E-state index contributed by atoms with van der Waals surface area (Å²) < 4.78 is 14.1. The third-order valence-corrected chi connectivity index (χ3v) is 4.22. The van der Waals surface area contributed by atoms with Crippen LogP contribution in [0, 0.1) is 0 Å². The topological polar surface area (TPSA) is 88.4 Å². The molecule has 0 saturated heterocycles. The number of halogens is 1. The van der Waals surface area contributed by atoms with E-state index >= 15 is 0 Å². The van der Waals surface area contributed by atoms with Crippen LogP contribution in [0.15, 0.2) is 73.1 Å². The molecular formula is C21H16FN5O2. The number of carbonyl (C=O) groups is 2. The highest BCUT2D eigenvalue weighted by Crippen LogP contribution is 2.29. The summed E-state index contributed by atoms with van der Waals surface area (Å²) in [4.78, 5) is 28.2. The molecule has 4 aromatic rings. The van der Waals surface area contributed by atoms with Crippen molar-refractivity contribution in [2.75, 3.05) is 17.3 Å². The van der Waals surface area contributed by atoms with E-state index in [-0.39, 0.29) is 11.6 Å². The van der Waals surface area contributed by atoms with Gasteiger partial charge in [-0.1, -0.05) is 30.3 Å². The Bertz CT molecular complexity index is 1170. The highest BCUT2D eigenvalue weighted by Gasteiger charge is 2.13. The molecule has 0 bridgehead atoms. The predicted octanol–water partition coefficient (Wildman–Crippen LogP) is 3.56. The number of alkyl halides is 1. The minimum absolute atomic E-state index is 0.240. The fourth-order valence-electron chi connectivity index (χ4n) is 2.93. The molecule has 2 aromatic carbocycles. The van der Waals surface area contributed by atoms with Crippen molar-refractivity contribution < 1.29 is 14.0 Å². The highest BCUT2D eigenvalue weighted by molar-refractivity contribution is 6.04. The molecule has 4 rings (SSSR count). The Labute approximate surface area is 165 Å². The number of para-hydroxylation sites is 1. The Morgan fingerprint density at radius 1 is 1.00 bits per heavy atom. The average molecular weight is 389 g/mol. The second kappa shape index (κ2) is 7.89. The molecule has 0 atom stereocenters. The summed E-state index contributed by atoms with van der Waals surface area (Å²) in [6.45, 7) is -1.10. The molecule has 2 aromatic heterocycles. The van der Waals surface area contributed by atoms with Gasteiger partial charge in [0.2, 0.25) is 0 Å². The maximum atomic E-state index is 12.6. The number of hydrogen-bond donors (Lipinski definition) is 2. The van der Waals surface area contributed by atoms with E-state index in [2.05, 4.69) is 20.7 Å².